The smallest absolute Gasteiger partial charge is 0.245 e. The van der Waals surface area contributed by atoms with Gasteiger partial charge < -0.3 is 10.2 Å². The molecule has 6 heteroatoms. The molecule has 0 spiro atoms. The Morgan fingerprint density at radius 3 is 2.50 bits per heavy atom. The monoisotopic (exact) mass is 368 g/mol. The first-order valence-electron chi connectivity index (χ1n) is 8.11. The lowest BCUT2D eigenvalue weighted by atomic mass is 10.0. The predicted octanol–water partition coefficient (Wildman–Crippen LogP) is 3.77. The summed E-state index contributed by atoms with van der Waals surface area (Å²) in [7, 11) is 0. The highest BCUT2D eigenvalue weighted by atomic mass is 35.5. The van der Waals surface area contributed by atoms with Gasteiger partial charge in [0.15, 0.2) is 0 Å². The second-order valence-electron chi connectivity index (χ2n) is 6.26. The molecule has 1 saturated heterocycles. The van der Waals surface area contributed by atoms with Crippen molar-refractivity contribution >= 4 is 41.1 Å². The molecule has 1 atom stereocenters. The van der Waals surface area contributed by atoms with E-state index >= 15 is 0 Å². The molecule has 1 heterocycles. The van der Waals surface area contributed by atoms with Crippen LogP contribution in [-0.2, 0) is 9.59 Å². The van der Waals surface area contributed by atoms with Crippen LogP contribution < -0.4 is 5.32 Å². The minimum absolute atomic E-state index is 0.00922. The van der Waals surface area contributed by atoms with Crippen molar-refractivity contribution in [2.24, 2.45) is 5.92 Å². The molecule has 4 nitrogen and oxygen atoms in total. The highest BCUT2D eigenvalue weighted by Gasteiger charge is 2.29. The van der Waals surface area contributed by atoms with E-state index in [2.05, 4.69) is 5.32 Å². The molecule has 0 saturated carbocycles. The molecule has 1 aliphatic heterocycles. The zero-order chi connectivity index (χ0) is 17.7. The molecule has 2 rings (SSSR count). The van der Waals surface area contributed by atoms with Crippen LogP contribution in [-0.4, -0.2) is 35.8 Å². The fourth-order valence-electron chi connectivity index (χ4n) is 2.66. The summed E-state index contributed by atoms with van der Waals surface area (Å²) in [5, 5.41) is 3.86. The van der Waals surface area contributed by atoms with Crippen LogP contribution in [0.2, 0.25) is 10.0 Å². The standard InChI is InChI=1S/C18H22Cl2N2O2/c1-12(2)17(18(24)22-9-3-4-10-22)21-16(23)8-5-13-11-14(19)6-7-15(13)20/h5-8,11-12,17H,3-4,9-10H2,1-2H3,(H,21,23)/b8-5+/t17-/m0/s1. The molecule has 1 aromatic rings. The summed E-state index contributed by atoms with van der Waals surface area (Å²) in [4.78, 5) is 26.6. The van der Waals surface area contributed by atoms with Crippen LogP contribution >= 0.6 is 23.2 Å². The van der Waals surface area contributed by atoms with E-state index < -0.39 is 6.04 Å². The molecule has 1 fully saturated rings. The Kier molecular flexibility index (Phi) is 6.69. The second kappa shape index (κ2) is 8.54. The zero-order valence-electron chi connectivity index (χ0n) is 13.9. The molecular formula is C18H22Cl2N2O2. The third-order valence-corrected chi connectivity index (χ3v) is 4.60. The van der Waals surface area contributed by atoms with Gasteiger partial charge >= 0.3 is 0 Å². The van der Waals surface area contributed by atoms with Gasteiger partial charge in [0.05, 0.1) is 0 Å². The number of carbonyl (C=O) groups excluding carboxylic acids is 2. The van der Waals surface area contributed by atoms with Gasteiger partial charge in [0.2, 0.25) is 11.8 Å². The summed E-state index contributed by atoms with van der Waals surface area (Å²) in [6.07, 6.45) is 5.03. The van der Waals surface area contributed by atoms with Crippen LogP contribution in [0.1, 0.15) is 32.3 Å². The highest BCUT2D eigenvalue weighted by Crippen LogP contribution is 2.21. The summed E-state index contributed by atoms with van der Waals surface area (Å²) in [6.45, 7) is 5.39. The van der Waals surface area contributed by atoms with E-state index in [1.165, 1.54) is 6.08 Å². The Morgan fingerprint density at radius 1 is 1.21 bits per heavy atom. The number of hydrogen-bond acceptors (Lipinski definition) is 2. The van der Waals surface area contributed by atoms with Gasteiger partial charge in [-0.2, -0.15) is 0 Å². The Bertz CT molecular complexity index is 638. The number of nitrogens with zero attached hydrogens (tertiary/aromatic N) is 1. The van der Waals surface area contributed by atoms with Crippen molar-refractivity contribution in [2.45, 2.75) is 32.7 Å². The van der Waals surface area contributed by atoms with Crippen molar-refractivity contribution in [3.8, 4) is 0 Å². The molecule has 0 unspecified atom stereocenters. The number of benzene rings is 1. The maximum atomic E-state index is 12.5. The Hall–Kier alpha value is -1.52. The van der Waals surface area contributed by atoms with Gasteiger partial charge in [0.1, 0.15) is 6.04 Å². The van der Waals surface area contributed by atoms with E-state index in [9.17, 15) is 9.59 Å². The van der Waals surface area contributed by atoms with Crippen molar-refractivity contribution < 1.29 is 9.59 Å². The quantitative estimate of drug-likeness (QED) is 0.804. The molecule has 24 heavy (non-hydrogen) atoms. The number of nitrogens with one attached hydrogen (secondary N) is 1. The van der Waals surface area contributed by atoms with Gasteiger partial charge in [-0.15, -0.1) is 0 Å². The maximum absolute atomic E-state index is 12.5. The number of halogens is 2. The lowest BCUT2D eigenvalue weighted by Gasteiger charge is -2.26. The highest BCUT2D eigenvalue weighted by molar-refractivity contribution is 6.34. The topological polar surface area (TPSA) is 49.4 Å². The van der Waals surface area contributed by atoms with E-state index in [1.54, 1.807) is 24.3 Å². The minimum atomic E-state index is -0.518. The molecule has 2 amide bonds. The van der Waals surface area contributed by atoms with Gasteiger partial charge in [-0.05, 0) is 48.6 Å². The van der Waals surface area contributed by atoms with Gasteiger partial charge in [-0.1, -0.05) is 37.0 Å². The Labute approximate surface area is 152 Å². The number of hydrogen-bond donors (Lipinski definition) is 1. The largest absolute Gasteiger partial charge is 0.341 e. The average Bonchev–Trinajstić information content (AvgIpc) is 3.07. The average molecular weight is 369 g/mol. The summed E-state index contributed by atoms with van der Waals surface area (Å²) in [5.41, 5.74) is 0.659. The Morgan fingerprint density at radius 2 is 1.88 bits per heavy atom. The Balaban J connectivity index is 2.03. The second-order valence-corrected chi connectivity index (χ2v) is 7.11. The summed E-state index contributed by atoms with van der Waals surface area (Å²) < 4.78 is 0. The third-order valence-electron chi connectivity index (χ3n) is 4.02. The number of amides is 2. The van der Waals surface area contributed by atoms with Crippen LogP contribution in [0.4, 0.5) is 0 Å². The first-order valence-corrected chi connectivity index (χ1v) is 8.86. The fourth-order valence-corrected chi connectivity index (χ4v) is 3.02. The lowest BCUT2D eigenvalue weighted by Crippen LogP contribution is -2.50. The van der Waals surface area contributed by atoms with Crippen molar-refractivity contribution in [3.63, 3.8) is 0 Å². The van der Waals surface area contributed by atoms with Crippen molar-refractivity contribution in [3.05, 3.63) is 39.9 Å². The normalized spacial score (nSPS) is 16.0. The van der Waals surface area contributed by atoms with Crippen LogP contribution in [0.5, 0.6) is 0 Å². The van der Waals surface area contributed by atoms with Crippen molar-refractivity contribution in [1.82, 2.24) is 10.2 Å². The number of carbonyl (C=O) groups is 2. The summed E-state index contributed by atoms with van der Waals surface area (Å²) in [6, 6.07) is 4.53. The SMILES string of the molecule is CC(C)[C@H](NC(=O)/C=C/c1cc(Cl)ccc1Cl)C(=O)N1CCCC1. The van der Waals surface area contributed by atoms with E-state index in [-0.39, 0.29) is 17.7 Å². The molecule has 0 bridgehead atoms. The van der Waals surface area contributed by atoms with Gasteiger partial charge in [-0.3, -0.25) is 9.59 Å². The fraction of sp³-hybridized carbons (Fsp3) is 0.444. The third kappa shape index (κ3) is 4.99. The van der Waals surface area contributed by atoms with Crippen LogP contribution in [0.25, 0.3) is 6.08 Å². The molecule has 130 valence electrons. The van der Waals surface area contributed by atoms with Crippen LogP contribution in [0.3, 0.4) is 0 Å². The number of likely N-dealkylation sites (tertiary alicyclic amines) is 1. The predicted molar refractivity (Wildman–Crippen MR) is 98.1 cm³/mol. The summed E-state index contributed by atoms with van der Waals surface area (Å²) >= 11 is 12.0. The van der Waals surface area contributed by atoms with Gasteiger partial charge in [0, 0.05) is 29.2 Å². The van der Waals surface area contributed by atoms with Crippen LogP contribution in [0.15, 0.2) is 24.3 Å². The van der Waals surface area contributed by atoms with E-state index in [0.29, 0.717) is 15.6 Å². The molecule has 1 aromatic carbocycles. The molecule has 1 N–H and O–H groups in total. The maximum Gasteiger partial charge on any atom is 0.245 e. The first-order chi connectivity index (χ1) is 11.4. The zero-order valence-corrected chi connectivity index (χ0v) is 15.4. The van der Waals surface area contributed by atoms with E-state index in [0.717, 1.165) is 25.9 Å². The van der Waals surface area contributed by atoms with E-state index in [4.69, 9.17) is 23.2 Å². The molecular weight excluding hydrogens is 347 g/mol. The molecule has 0 aromatic heterocycles. The van der Waals surface area contributed by atoms with Gasteiger partial charge in [-0.25, -0.2) is 0 Å². The first kappa shape index (κ1) is 18.8. The number of rotatable bonds is 5. The summed E-state index contributed by atoms with van der Waals surface area (Å²) in [5.74, 6) is -0.312. The minimum Gasteiger partial charge on any atom is -0.341 e. The molecule has 0 radical (unpaired) electrons. The van der Waals surface area contributed by atoms with Crippen LogP contribution in [0, 0.1) is 5.92 Å². The van der Waals surface area contributed by atoms with E-state index in [1.807, 2.05) is 18.7 Å². The lowest BCUT2D eigenvalue weighted by molar-refractivity contribution is -0.135. The van der Waals surface area contributed by atoms with Crippen molar-refractivity contribution in [2.75, 3.05) is 13.1 Å². The molecule has 0 aliphatic carbocycles. The van der Waals surface area contributed by atoms with Gasteiger partial charge in [0.25, 0.3) is 0 Å². The molecule has 1 aliphatic rings. The van der Waals surface area contributed by atoms with Crippen molar-refractivity contribution in [1.29, 1.82) is 0 Å².